The molecule has 6 nitrogen and oxygen atoms in total. The molecular formula is C18H19BrN2O4. The molecule has 2 unspecified atom stereocenters. The van der Waals surface area contributed by atoms with Gasteiger partial charge in [0.05, 0.1) is 18.8 Å². The smallest absolute Gasteiger partial charge is 0.291 e. The van der Waals surface area contributed by atoms with Crippen LogP contribution in [0.5, 0.6) is 0 Å². The number of carbonyl (C=O) groups is 2. The molecule has 0 radical (unpaired) electrons. The molecule has 1 aliphatic heterocycles. The highest BCUT2D eigenvalue weighted by Crippen LogP contribution is 2.19. The highest BCUT2D eigenvalue weighted by molar-refractivity contribution is 9.10. The molecule has 0 spiro atoms. The summed E-state index contributed by atoms with van der Waals surface area (Å²) in [6, 6.07) is 10.1. The van der Waals surface area contributed by atoms with Gasteiger partial charge in [0.25, 0.3) is 11.8 Å². The second-order valence-electron chi connectivity index (χ2n) is 6.09. The van der Waals surface area contributed by atoms with Crippen molar-refractivity contribution in [2.24, 2.45) is 0 Å². The van der Waals surface area contributed by atoms with Crippen LogP contribution in [-0.2, 0) is 4.74 Å². The fourth-order valence-electron chi connectivity index (χ4n) is 2.71. The number of rotatable bonds is 3. The van der Waals surface area contributed by atoms with Gasteiger partial charge in [0.2, 0.25) is 0 Å². The number of morpholine rings is 1. The molecule has 1 aromatic heterocycles. The zero-order valence-corrected chi connectivity index (χ0v) is 15.6. The molecule has 2 amide bonds. The van der Waals surface area contributed by atoms with Crippen LogP contribution in [0.15, 0.2) is 45.5 Å². The number of furan rings is 1. The zero-order chi connectivity index (χ0) is 18.0. The topological polar surface area (TPSA) is 71.8 Å². The minimum atomic E-state index is -0.372. The van der Waals surface area contributed by atoms with Crippen LogP contribution in [0.2, 0.25) is 0 Å². The minimum Gasteiger partial charge on any atom is -0.444 e. The number of nitrogens with zero attached hydrogens (tertiary/aromatic N) is 1. The van der Waals surface area contributed by atoms with Crippen molar-refractivity contribution in [2.45, 2.75) is 26.0 Å². The van der Waals surface area contributed by atoms with Crippen LogP contribution < -0.4 is 5.32 Å². The van der Waals surface area contributed by atoms with Crippen molar-refractivity contribution < 1.29 is 18.7 Å². The largest absolute Gasteiger partial charge is 0.444 e. The van der Waals surface area contributed by atoms with Gasteiger partial charge in [-0.05, 0) is 60.1 Å². The maximum atomic E-state index is 12.8. The zero-order valence-electron chi connectivity index (χ0n) is 14.0. The molecule has 2 atom stereocenters. The van der Waals surface area contributed by atoms with Crippen LogP contribution in [0.3, 0.4) is 0 Å². The Kier molecular flexibility index (Phi) is 5.24. The van der Waals surface area contributed by atoms with Crippen molar-refractivity contribution in [3.8, 4) is 0 Å². The average Bonchev–Trinajstić information content (AvgIpc) is 3.03. The molecule has 2 heterocycles. The number of ether oxygens (including phenoxy) is 1. The Balaban J connectivity index is 1.74. The summed E-state index contributed by atoms with van der Waals surface area (Å²) in [4.78, 5) is 26.8. The van der Waals surface area contributed by atoms with E-state index < -0.39 is 0 Å². The maximum Gasteiger partial charge on any atom is 0.291 e. The fraction of sp³-hybridized carbons (Fsp3) is 0.333. The molecule has 1 N–H and O–H groups in total. The molecule has 0 bridgehead atoms. The number of halogens is 1. The van der Waals surface area contributed by atoms with Gasteiger partial charge in [-0.25, -0.2) is 0 Å². The van der Waals surface area contributed by atoms with Crippen LogP contribution in [-0.4, -0.2) is 42.0 Å². The second kappa shape index (κ2) is 7.41. The van der Waals surface area contributed by atoms with E-state index >= 15 is 0 Å². The Morgan fingerprint density at radius 1 is 1.24 bits per heavy atom. The first kappa shape index (κ1) is 17.7. The molecule has 3 rings (SSSR count). The first-order chi connectivity index (χ1) is 11.9. The highest BCUT2D eigenvalue weighted by Gasteiger charge is 2.28. The monoisotopic (exact) mass is 406 g/mol. The van der Waals surface area contributed by atoms with Crippen LogP contribution in [0.1, 0.15) is 34.8 Å². The van der Waals surface area contributed by atoms with Gasteiger partial charge in [-0.3, -0.25) is 9.59 Å². The van der Waals surface area contributed by atoms with Gasteiger partial charge in [-0.15, -0.1) is 0 Å². The lowest BCUT2D eigenvalue weighted by molar-refractivity contribution is -0.0387. The minimum absolute atomic E-state index is 0.0143. The first-order valence-corrected chi connectivity index (χ1v) is 8.82. The normalized spacial score (nSPS) is 20.4. The Morgan fingerprint density at radius 3 is 2.76 bits per heavy atom. The molecule has 1 aliphatic rings. The lowest BCUT2D eigenvalue weighted by Crippen LogP contribution is -2.50. The summed E-state index contributed by atoms with van der Waals surface area (Å²) in [6.07, 6.45) is 0.0143. The third-order valence-electron chi connectivity index (χ3n) is 4.03. The molecule has 132 valence electrons. The van der Waals surface area contributed by atoms with Gasteiger partial charge < -0.3 is 19.4 Å². The summed E-state index contributed by atoms with van der Waals surface area (Å²) >= 11 is 3.16. The predicted molar refractivity (Wildman–Crippen MR) is 96.7 cm³/mol. The molecule has 0 saturated carbocycles. The first-order valence-electron chi connectivity index (χ1n) is 8.03. The Bertz CT molecular complexity index is 789. The van der Waals surface area contributed by atoms with Gasteiger partial charge in [-0.2, -0.15) is 0 Å². The molecule has 1 fully saturated rings. The Morgan fingerprint density at radius 2 is 2.04 bits per heavy atom. The van der Waals surface area contributed by atoms with Crippen LogP contribution in [0.4, 0.5) is 5.69 Å². The van der Waals surface area contributed by atoms with E-state index in [-0.39, 0.29) is 29.7 Å². The van der Waals surface area contributed by atoms with E-state index in [2.05, 4.69) is 21.2 Å². The van der Waals surface area contributed by atoms with Crippen molar-refractivity contribution in [3.63, 3.8) is 0 Å². The van der Waals surface area contributed by atoms with E-state index in [1.807, 2.05) is 13.8 Å². The van der Waals surface area contributed by atoms with Crippen molar-refractivity contribution in [1.82, 2.24) is 4.90 Å². The summed E-state index contributed by atoms with van der Waals surface area (Å²) in [5, 5.41) is 2.74. The van der Waals surface area contributed by atoms with Gasteiger partial charge >= 0.3 is 0 Å². The summed E-state index contributed by atoms with van der Waals surface area (Å²) in [6.45, 7) is 4.99. The summed E-state index contributed by atoms with van der Waals surface area (Å²) in [5.74, 6) is -0.248. The third kappa shape index (κ3) is 4.11. The summed E-state index contributed by atoms with van der Waals surface area (Å²) in [7, 11) is 0. The predicted octanol–water partition coefficient (Wildman–Crippen LogP) is 3.54. The number of hydrogen-bond donors (Lipinski definition) is 1. The number of anilines is 1. The number of benzene rings is 1. The SMILES string of the molecule is CC1CN(C(=O)c2cccc(NC(=O)c3ccc(Br)o3)c2)C(C)CO1. The number of hydrogen-bond acceptors (Lipinski definition) is 4. The molecular weight excluding hydrogens is 388 g/mol. The van der Waals surface area contributed by atoms with Gasteiger partial charge in [0.15, 0.2) is 10.4 Å². The van der Waals surface area contributed by atoms with Crippen molar-refractivity contribution >= 4 is 33.4 Å². The average molecular weight is 407 g/mol. The fourth-order valence-corrected chi connectivity index (χ4v) is 3.02. The Hall–Kier alpha value is -2.12. The maximum absolute atomic E-state index is 12.8. The third-order valence-corrected chi connectivity index (χ3v) is 4.46. The Labute approximate surface area is 154 Å². The van der Waals surface area contributed by atoms with Crippen LogP contribution in [0, 0.1) is 0 Å². The standard InChI is InChI=1S/C18H19BrN2O4/c1-11-10-24-12(2)9-21(11)18(23)13-4-3-5-14(8-13)20-17(22)15-6-7-16(19)25-15/h3-8,11-12H,9-10H2,1-2H3,(H,20,22). The summed E-state index contributed by atoms with van der Waals surface area (Å²) < 4.78 is 11.3. The molecule has 7 heteroatoms. The lowest BCUT2D eigenvalue weighted by Gasteiger charge is -2.36. The van der Waals surface area contributed by atoms with E-state index in [0.29, 0.717) is 29.1 Å². The molecule has 0 aliphatic carbocycles. The van der Waals surface area contributed by atoms with Crippen molar-refractivity contribution in [3.05, 3.63) is 52.4 Å². The molecule has 2 aromatic rings. The number of amides is 2. The number of carbonyl (C=O) groups excluding carboxylic acids is 2. The van der Waals surface area contributed by atoms with E-state index in [1.165, 1.54) is 0 Å². The van der Waals surface area contributed by atoms with Gasteiger partial charge in [0.1, 0.15) is 0 Å². The number of nitrogens with one attached hydrogen (secondary N) is 1. The van der Waals surface area contributed by atoms with Gasteiger partial charge in [0, 0.05) is 17.8 Å². The highest BCUT2D eigenvalue weighted by atomic mass is 79.9. The second-order valence-corrected chi connectivity index (χ2v) is 6.87. The van der Waals surface area contributed by atoms with Gasteiger partial charge in [-0.1, -0.05) is 6.07 Å². The molecule has 1 aromatic carbocycles. The van der Waals surface area contributed by atoms with E-state index in [1.54, 1.807) is 41.3 Å². The van der Waals surface area contributed by atoms with E-state index in [4.69, 9.17) is 9.15 Å². The van der Waals surface area contributed by atoms with E-state index in [9.17, 15) is 9.59 Å². The summed E-state index contributed by atoms with van der Waals surface area (Å²) in [5.41, 5.74) is 1.07. The quantitative estimate of drug-likeness (QED) is 0.845. The van der Waals surface area contributed by atoms with Crippen LogP contribution >= 0.6 is 15.9 Å². The van der Waals surface area contributed by atoms with Crippen molar-refractivity contribution in [2.75, 3.05) is 18.5 Å². The van der Waals surface area contributed by atoms with Crippen LogP contribution in [0.25, 0.3) is 0 Å². The van der Waals surface area contributed by atoms with E-state index in [0.717, 1.165) is 0 Å². The lowest BCUT2D eigenvalue weighted by atomic mass is 10.1. The van der Waals surface area contributed by atoms with Crippen molar-refractivity contribution in [1.29, 1.82) is 0 Å². The molecule has 1 saturated heterocycles. The molecule has 25 heavy (non-hydrogen) atoms.